The Morgan fingerprint density at radius 3 is 2.45 bits per heavy atom. The summed E-state index contributed by atoms with van der Waals surface area (Å²) >= 11 is 0. The number of carbonyl (C=O) groups is 2. The third kappa shape index (κ3) is 5.40. The molecule has 1 aromatic carbocycles. The molecule has 1 amide bonds. The van der Waals surface area contributed by atoms with Crippen LogP contribution in [0.15, 0.2) is 24.3 Å². The first-order valence-corrected chi connectivity index (χ1v) is 6.44. The molecule has 20 heavy (non-hydrogen) atoms. The molecular weight excluding hydrogens is 258 g/mol. The van der Waals surface area contributed by atoms with Crippen LogP contribution in [0.3, 0.4) is 0 Å². The number of nitrogens with one attached hydrogen (secondary N) is 1. The van der Waals surface area contributed by atoms with Crippen LogP contribution in [-0.2, 0) is 9.47 Å². The first-order chi connectivity index (χ1) is 9.33. The van der Waals surface area contributed by atoms with Gasteiger partial charge in [-0.25, -0.2) is 4.79 Å². The zero-order valence-electron chi connectivity index (χ0n) is 12.4. The number of carbonyl (C=O) groups excluding carboxylic acids is 2. The van der Waals surface area contributed by atoms with Crippen molar-refractivity contribution in [2.75, 3.05) is 20.3 Å². The quantitative estimate of drug-likeness (QED) is 0.661. The van der Waals surface area contributed by atoms with Gasteiger partial charge in [0.1, 0.15) is 5.60 Å². The second kappa shape index (κ2) is 7.05. The minimum atomic E-state index is -0.562. The van der Waals surface area contributed by atoms with E-state index < -0.39 is 11.6 Å². The van der Waals surface area contributed by atoms with Gasteiger partial charge in [-0.05, 0) is 39.0 Å². The van der Waals surface area contributed by atoms with Crippen molar-refractivity contribution < 1.29 is 19.1 Å². The van der Waals surface area contributed by atoms with Gasteiger partial charge in [0, 0.05) is 19.2 Å². The summed E-state index contributed by atoms with van der Waals surface area (Å²) < 4.78 is 10.1. The molecule has 5 heteroatoms. The number of hydrogen-bond donors (Lipinski definition) is 1. The molecule has 0 saturated carbocycles. The number of esters is 1. The van der Waals surface area contributed by atoms with E-state index in [4.69, 9.17) is 9.47 Å². The minimum absolute atomic E-state index is 0.243. The van der Waals surface area contributed by atoms with E-state index in [1.54, 1.807) is 46.1 Å². The summed E-state index contributed by atoms with van der Waals surface area (Å²) in [6.07, 6.45) is 0. The maximum absolute atomic E-state index is 11.9. The highest BCUT2D eigenvalue weighted by Gasteiger charge is 2.18. The second-order valence-corrected chi connectivity index (χ2v) is 5.33. The fourth-order valence-electron chi connectivity index (χ4n) is 1.49. The van der Waals surface area contributed by atoms with Gasteiger partial charge in [0.15, 0.2) is 0 Å². The van der Waals surface area contributed by atoms with E-state index in [2.05, 4.69) is 5.32 Å². The van der Waals surface area contributed by atoms with E-state index in [9.17, 15) is 9.59 Å². The lowest BCUT2D eigenvalue weighted by molar-refractivity contribution is 0.00695. The van der Waals surface area contributed by atoms with E-state index in [-0.39, 0.29) is 5.91 Å². The number of amides is 1. The molecule has 0 radical (unpaired) electrons. The highest BCUT2D eigenvalue weighted by Crippen LogP contribution is 2.13. The summed E-state index contributed by atoms with van der Waals surface area (Å²) in [7, 11) is 1.56. The highest BCUT2D eigenvalue weighted by molar-refractivity contribution is 5.97. The number of hydrogen-bond acceptors (Lipinski definition) is 4. The lowest BCUT2D eigenvalue weighted by atomic mass is 10.1. The van der Waals surface area contributed by atoms with E-state index in [0.29, 0.717) is 24.3 Å². The summed E-state index contributed by atoms with van der Waals surface area (Å²) in [6, 6.07) is 6.46. The zero-order valence-corrected chi connectivity index (χ0v) is 12.4. The predicted octanol–water partition coefficient (Wildman–Crippen LogP) is 2.02. The van der Waals surface area contributed by atoms with Crippen LogP contribution in [0.2, 0.25) is 0 Å². The minimum Gasteiger partial charge on any atom is -0.456 e. The maximum Gasteiger partial charge on any atom is 0.338 e. The van der Waals surface area contributed by atoms with Crippen LogP contribution < -0.4 is 5.32 Å². The zero-order chi connectivity index (χ0) is 15.2. The van der Waals surface area contributed by atoms with E-state index in [1.165, 1.54) is 6.07 Å². The summed E-state index contributed by atoms with van der Waals surface area (Å²) in [5.74, 6) is -0.684. The molecule has 5 nitrogen and oxygen atoms in total. The van der Waals surface area contributed by atoms with Crippen LogP contribution in [0.4, 0.5) is 0 Å². The molecule has 0 atom stereocenters. The Hall–Kier alpha value is -1.88. The van der Waals surface area contributed by atoms with Crippen LogP contribution in [-0.4, -0.2) is 37.7 Å². The van der Waals surface area contributed by atoms with Crippen LogP contribution in [0.5, 0.6) is 0 Å². The Bertz CT molecular complexity index is 477. The van der Waals surface area contributed by atoms with Crippen molar-refractivity contribution >= 4 is 11.9 Å². The largest absolute Gasteiger partial charge is 0.456 e. The smallest absolute Gasteiger partial charge is 0.338 e. The summed E-state index contributed by atoms with van der Waals surface area (Å²) in [5, 5.41) is 2.70. The van der Waals surface area contributed by atoms with Crippen molar-refractivity contribution in [1.29, 1.82) is 0 Å². The first kappa shape index (κ1) is 16.2. The molecule has 0 aliphatic rings. The molecule has 1 N–H and O–H groups in total. The fraction of sp³-hybridized carbons (Fsp3) is 0.467. The highest BCUT2D eigenvalue weighted by atomic mass is 16.6. The average molecular weight is 279 g/mol. The first-order valence-electron chi connectivity index (χ1n) is 6.44. The van der Waals surface area contributed by atoms with Crippen LogP contribution in [0, 0.1) is 0 Å². The third-order valence-corrected chi connectivity index (χ3v) is 2.35. The second-order valence-electron chi connectivity index (χ2n) is 5.33. The van der Waals surface area contributed by atoms with Gasteiger partial charge in [-0.15, -0.1) is 0 Å². The molecule has 1 rings (SSSR count). The lowest BCUT2D eigenvalue weighted by Crippen LogP contribution is -2.27. The average Bonchev–Trinajstić information content (AvgIpc) is 2.37. The van der Waals surface area contributed by atoms with Gasteiger partial charge in [0.05, 0.1) is 12.2 Å². The molecule has 0 heterocycles. The molecule has 0 spiro atoms. The van der Waals surface area contributed by atoms with Crippen LogP contribution in [0.25, 0.3) is 0 Å². The topological polar surface area (TPSA) is 64.6 Å². The van der Waals surface area contributed by atoms with Gasteiger partial charge >= 0.3 is 5.97 Å². The monoisotopic (exact) mass is 279 g/mol. The van der Waals surface area contributed by atoms with Crippen LogP contribution in [0.1, 0.15) is 41.5 Å². The van der Waals surface area contributed by atoms with E-state index >= 15 is 0 Å². The van der Waals surface area contributed by atoms with Gasteiger partial charge in [-0.2, -0.15) is 0 Å². The Morgan fingerprint density at radius 1 is 1.20 bits per heavy atom. The van der Waals surface area contributed by atoms with Gasteiger partial charge in [0.2, 0.25) is 0 Å². The van der Waals surface area contributed by atoms with Gasteiger partial charge in [-0.1, -0.05) is 6.07 Å². The number of benzene rings is 1. The SMILES string of the molecule is COCCNC(=O)c1cccc(C(=O)OC(C)(C)C)c1. The molecule has 110 valence electrons. The van der Waals surface area contributed by atoms with Crippen molar-refractivity contribution in [2.45, 2.75) is 26.4 Å². The normalized spacial score (nSPS) is 11.0. The molecule has 0 aromatic heterocycles. The van der Waals surface area contributed by atoms with Gasteiger partial charge in [0.25, 0.3) is 5.91 Å². The molecule has 0 aliphatic carbocycles. The standard InChI is InChI=1S/C15H21NO4/c1-15(2,3)20-14(18)12-7-5-6-11(10-12)13(17)16-8-9-19-4/h5-7,10H,8-9H2,1-4H3,(H,16,17). The predicted molar refractivity (Wildman–Crippen MR) is 75.8 cm³/mol. The molecule has 1 aromatic rings. The molecule has 0 bridgehead atoms. The van der Waals surface area contributed by atoms with Gasteiger partial charge in [-0.3, -0.25) is 4.79 Å². The molecule has 0 fully saturated rings. The maximum atomic E-state index is 11.9. The van der Waals surface area contributed by atoms with Crippen molar-refractivity contribution in [2.24, 2.45) is 0 Å². The van der Waals surface area contributed by atoms with Crippen molar-refractivity contribution in [3.63, 3.8) is 0 Å². The van der Waals surface area contributed by atoms with Crippen molar-refractivity contribution in [3.8, 4) is 0 Å². The summed E-state index contributed by atoms with van der Waals surface area (Å²) in [6.45, 7) is 6.26. The molecule has 0 aliphatic heterocycles. The van der Waals surface area contributed by atoms with E-state index in [1.807, 2.05) is 0 Å². The summed E-state index contributed by atoms with van der Waals surface area (Å²) in [5.41, 5.74) is 0.220. The Morgan fingerprint density at radius 2 is 1.85 bits per heavy atom. The Labute approximate surface area is 119 Å². The molecular formula is C15H21NO4. The van der Waals surface area contributed by atoms with E-state index in [0.717, 1.165) is 0 Å². The van der Waals surface area contributed by atoms with Gasteiger partial charge < -0.3 is 14.8 Å². The Balaban J connectivity index is 2.75. The molecule has 0 unspecified atom stereocenters. The number of rotatable bonds is 5. The van der Waals surface area contributed by atoms with Crippen molar-refractivity contribution in [3.05, 3.63) is 35.4 Å². The summed E-state index contributed by atoms with van der Waals surface area (Å²) in [4.78, 5) is 23.8. The lowest BCUT2D eigenvalue weighted by Gasteiger charge is -2.19. The number of methoxy groups -OCH3 is 1. The third-order valence-electron chi connectivity index (χ3n) is 2.35. The van der Waals surface area contributed by atoms with Crippen LogP contribution >= 0.6 is 0 Å². The van der Waals surface area contributed by atoms with Crippen molar-refractivity contribution in [1.82, 2.24) is 5.32 Å². The Kier molecular flexibility index (Phi) is 5.70. The number of ether oxygens (including phenoxy) is 2. The molecule has 0 saturated heterocycles. The fourth-order valence-corrected chi connectivity index (χ4v) is 1.49.